The first kappa shape index (κ1) is 13.0. The summed E-state index contributed by atoms with van der Waals surface area (Å²) in [5.74, 6) is 0.796. The van der Waals surface area contributed by atoms with Crippen LogP contribution in [-0.4, -0.2) is 19.2 Å². The predicted octanol–water partition coefficient (Wildman–Crippen LogP) is 2.74. The van der Waals surface area contributed by atoms with Crippen LogP contribution in [-0.2, 0) is 0 Å². The molecule has 1 heterocycles. The lowest BCUT2D eigenvalue weighted by Gasteiger charge is -2.19. The molecule has 18 heavy (non-hydrogen) atoms. The Morgan fingerprint density at radius 3 is 2.72 bits per heavy atom. The number of aryl methyl sites for hydroxylation is 1. The van der Waals surface area contributed by atoms with E-state index in [2.05, 4.69) is 24.4 Å². The number of ether oxygens (including phenoxy) is 1. The average Bonchev–Trinajstić information content (AvgIpc) is 2.33. The van der Waals surface area contributed by atoms with E-state index < -0.39 is 0 Å². The van der Waals surface area contributed by atoms with Gasteiger partial charge in [0.15, 0.2) is 0 Å². The Balaban J connectivity index is 2.37. The summed E-state index contributed by atoms with van der Waals surface area (Å²) in [6.45, 7) is 8.12. The fraction of sp³-hybridized carbons (Fsp3) is 0.467. The van der Waals surface area contributed by atoms with Crippen molar-refractivity contribution >= 4 is 11.3 Å². The van der Waals surface area contributed by atoms with Crippen LogP contribution in [0.2, 0.25) is 0 Å². The van der Waals surface area contributed by atoms with Crippen LogP contribution in [0.25, 0.3) is 5.57 Å². The van der Waals surface area contributed by atoms with Gasteiger partial charge in [-0.1, -0.05) is 6.08 Å². The molecule has 3 nitrogen and oxygen atoms in total. The van der Waals surface area contributed by atoms with Crippen LogP contribution in [0.15, 0.2) is 18.2 Å². The van der Waals surface area contributed by atoms with Gasteiger partial charge in [0.2, 0.25) is 0 Å². The van der Waals surface area contributed by atoms with Gasteiger partial charge in [0.1, 0.15) is 5.75 Å². The number of nitrogens with one attached hydrogen (secondary N) is 1. The summed E-state index contributed by atoms with van der Waals surface area (Å²) in [5.41, 5.74) is 10.6. The van der Waals surface area contributed by atoms with Gasteiger partial charge in [-0.3, -0.25) is 0 Å². The number of nitrogen functional groups attached to an aromatic ring is 1. The molecule has 2 rings (SSSR count). The molecule has 1 aromatic carbocycles. The summed E-state index contributed by atoms with van der Waals surface area (Å²) in [6.07, 6.45) is 3.46. The van der Waals surface area contributed by atoms with E-state index in [1.54, 1.807) is 0 Å². The van der Waals surface area contributed by atoms with Crippen molar-refractivity contribution in [3.63, 3.8) is 0 Å². The van der Waals surface area contributed by atoms with Crippen LogP contribution in [0, 0.1) is 6.92 Å². The summed E-state index contributed by atoms with van der Waals surface area (Å²) in [5, 5.41) is 3.33. The Morgan fingerprint density at radius 2 is 2.11 bits per heavy atom. The molecule has 0 aromatic heterocycles. The lowest BCUT2D eigenvalue weighted by Crippen LogP contribution is -2.20. The number of hydrogen-bond acceptors (Lipinski definition) is 3. The highest BCUT2D eigenvalue weighted by Crippen LogP contribution is 2.32. The Morgan fingerprint density at radius 1 is 1.33 bits per heavy atom. The maximum absolute atomic E-state index is 6.01. The molecule has 0 unspecified atom stereocenters. The molecule has 98 valence electrons. The number of hydrogen-bond donors (Lipinski definition) is 2. The minimum Gasteiger partial charge on any atom is -0.489 e. The van der Waals surface area contributed by atoms with E-state index in [9.17, 15) is 0 Å². The van der Waals surface area contributed by atoms with Crippen LogP contribution in [0.4, 0.5) is 5.69 Å². The highest BCUT2D eigenvalue weighted by atomic mass is 16.5. The minimum atomic E-state index is 0.143. The summed E-state index contributed by atoms with van der Waals surface area (Å²) in [6, 6.07) is 4.09. The first-order valence-corrected chi connectivity index (χ1v) is 6.55. The molecule has 1 aliphatic rings. The normalized spacial score (nSPS) is 15.7. The first-order chi connectivity index (χ1) is 8.58. The van der Waals surface area contributed by atoms with Crippen molar-refractivity contribution < 1.29 is 4.74 Å². The zero-order valence-electron chi connectivity index (χ0n) is 11.4. The van der Waals surface area contributed by atoms with Gasteiger partial charge in [0.25, 0.3) is 0 Å². The average molecular weight is 246 g/mol. The molecule has 0 saturated carbocycles. The fourth-order valence-electron chi connectivity index (χ4n) is 2.28. The quantitative estimate of drug-likeness (QED) is 0.806. The Labute approximate surface area is 109 Å². The highest BCUT2D eigenvalue weighted by Gasteiger charge is 2.12. The molecular weight excluding hydrogens is 224 g/mol. The number of anilines is 1. The maximum atomic E-state index is 6.01. The van der Waals surface area contributed by atoms with E-state index in [4.69, 9.17) is 10.5 Å². The van der Waals surface area contributed by atoms with Crippen molar-refractivity contribution in [2.45, 2.75) is 33.3 Å². The Kier molecular flexibility index (Phi) is 3.92. The number of benzene rings is 1. The molecule has 1 aliphatic heterocycles. The molecule has 0 amide bonds. The van der Waals surface area contributed by atoms with Crippen molar-refractivity contribution in [3.8, 4) is 5.75 Å². The van der Waals surface area contributed by atoms with E-state index in [1.165, 1.54) is 16.7 Å². The molecule has 0 bridgehead atoms. The largest absolute Gasteiger partial charge is 0.489 e. The molecule has 0 atom stereocenters. The number of rotatable bonds is 3. The first-order valence-electron chi connectivity index (χ1n) is 6.55. The Hall–Kier alpha value is -1.48. The van der Waals surface area contributed by atoms with Gasteiger partial charge in [-0.05, 0) is 62.6 Å². The molecular formula is C15H22N2O. The van der Waals surface area contributed by atoms with Gasteiger partial charge in [-0.25, -0.2) is 0 Å². The topological polar surface area (TPSA) is 47.3 Å². The predicted molar refractivity (Wildman–Crippen MR) is 76.8 cm³/mol. The summed E-state index contributed by atoms with van der Waals surface area (Å²) >= 11 is 0. The lowest BCUT2D eigenvalue weighted by molar-refractivity contribution is 0.244. The van der Waals surface area contributed by atoms with Crippen molar-refractivity contribution in [1.82, 2.24) is 5.32 Å². The van der Waals surface area contributed by atoms with Gasteiger partial charge in [0, 0.05) is 6.54 Å². The van der Waals surface area contributed by atoms with Gasteiger partial charge < -0.3 is 15.8 Å². The van der Waals surface area contributed by atoms with Gasteiger partial charge in [-0.15, -0.1) is 0 Å². The third kappa shape index (κ3) is 2.85. The van der Waals surface area contributed by atoms with E-state index in [1.807, 2.05) is 19.9 Å². The molecule has 0 radical (unpaired) electrons. The molecule has 3 heteroatoms. The van der Waals surface area contributed by atoms with Crippen molar-refractivity contribution in [1.29, 1.82) is 0 Å². The molecule has 0 spiro atoms. The lowest BCUT2D eigenvalue weighted by atomic mass is 9.95. The third-order valence-corrected chi connectivity index (χ3v) is 3.13. The second-order valence-corrected chi connectivity index (χ2v) is 5.06. The van der Waals surface area contributed by atoms with Crippen LogP contribution in [0.1, 0.15) is 31.4 Å². The van der Waals surface area contributed by atoms with Gasteiger partial charge in [0.05, 0.1) is 11.8 Å². The third-order valence-electron chi connectivity index (χ3n) is 3.13. The second-order valence-electron chi connectivity index (χ2n) is 5.06. The maximum Gasteiger partial charge on any atom is 0.143 e. The van der Waals surface area contributed by atoms with Crippen molar-refractivity contribution in [2.24, 2.45) is 0 Å². The zero-order chi connectivity index (χ0) is 13.1. The van der Waals surface area contributed by atoms with Crippen LogP contribution in [0.5, 0.6) is 5.75 Å². The van der Waals surface area contributed by atoms with Crippen molar-refractivity contribution in [3.05, 3.63) is 29.3 Å². The zero-order valence-corrected chi connectivity index (χ0v) is 11.4. The van der Waals surface area contributed by atoms with E-state index in [0.717, 1.165) is 30.9 Å². The fourth-order valence-corrected chi connectivity index (χ4v) is 2.28. The summed E-state index contributed by atoms with van der Waals surface area (Å²) < 4.78 is 5.76. The highest BCUT2D eigenvalue weighted by molar-refractivity contribution is 5.73. The SMILES string of the molecule is Cc1cc(N)c(OC(C)C)cc1C1=CCNCC1. The molecule has 0 aliphatic carbocycles. The molecule has 3 N–H and O–H groups in total. The second kappa shape index (κ2) is 5.44. The molecule has 0 fully saturated rings. The van der Waals surface area contributed by atoms with Gasteiger partial charge in [-0.2, -0.15) is 0 Å². The van der Waals surface area contributed by atoms with Crippen molar-refractivity contribution in [2.75, 3.05) is 18.8 Å². The van der Waals surface area contributed by atoms with Crippen LogP contribution < -0.4 is 15.8 Å². The van der Waals surface area contributed by atoms with E-state index in [-0.39, 0.29) is 6.10 Å². The van der Waals surface area contributed by atoms with Gasteiger partial charge >= 0.3 is 0 Å². The monoisotopic (exact) mass is 246 g/mol. The Bertz CT molecular complexity index is 464. The number of nitrogens with two attached hydrogens (primary N) is 1. The summed E-state index contributed by atoms with van der Waals surface area (Å²) in [7, 11) is 0. The molecule has 1 aromatic rings. The smallest absolute Gasteiger partial charge is 0.143 e. The standard InChI is InChI=1S/C15H22N2O/c1-10(2)18-15-9-13(11(3)8-14(15)16)12-4-6-17-7-5-12/h4,8-10,17H,5-7,16H2,1-3H3. The summed E-state index contributed by atoms with van der Waals surface area (Å²) in [4.78, 5) is 0. The van der Waals surface area contributed by atoms with E-state index in [0.29, 0.717) is 0 Å². The van der Waals surface area contributed by atoms with Crippen LogP contribution >= 0.6 is 0 Å². The molecule has 0 saturated heterocycles. The minimum absolute atomic E-state index is 0.143. The van der Waals surface area contributed by atoms with Crippen LogP contribution in [0.3, 0.4) is 0 Å². The van der Waals surface area contributed by atoms with E-state index >= 15 is 0 Å².